The van der Waals surface area contributed by atoms with Crippen LogP contribution in [0.2, 0.25) is 0 Å². The Labute approximate surface area is 121 Å². The van der Waals surface area contributed by atoms with E-state index in [2.05, 4.69) is 28.2 Å². The Kier molecular flexibility index (Phi) is 3.75. The van der Waals surface area contributed by atoms with Crippen LogP contribution in [0, 0.1) is 0 Å². The molecule has 19 heavy (non-hydrogen) atoms. The fourth-order valence-corrected chi connectivity index (χ4v) is 5.74. The van der Waals surface area contributed by atoms with E-state index >= 15 is 0 Å². The van der Waals surface area contributed by atoms with E-state index in [0.29, 0.717) is 5.75 Å². The molecular weight excluding hydrogens is 298 g/mol. The predicted molar refractivity (Wildman–Crippen MR) is 80.7 cm³/mol. The van der Waals surface area contributed by atoms with Crippen molar-refractivity contribution >= 4 is 32.5 Å². The normalized spacial score (nSPS) is 22.1. The molecule has 1 atom stereocenters. The number of rotatable bonds is 4. The number of hydrogen-bond acceptors (Lipinski definition) is 5. The summed E-state index contributed by atoms with van der Waals surface area (Å²) in [7, 11) is -2.83. The summed E-state index contributed by atoms with van der Waals surface area (Å²) in [6.45, 7) is 0. The number of thiophene rings is 2. The molecule has 0 saturated carbocycles. The molecule has 0 aliphatic carbocycles. The third-order valence-electron chi connectivity index (χ3n) is 3.29. The minimum absolute atomic E-state index is 0.0687. The predicted octanol–water partition coefficient (Wildman–Crippen LogP) is 2.68. The molecule has 1 saturated heterocycles. The SMILES string of the molecule is O=S1(=O)CCC(NC(c2cccs2)c2cccs2)C1. The van der Waals surface area contributed by atoms with Gasteiger partial charge in [-0.25, -0.2) is 8.42 Å². The first kappa shape index (κ1) is 13.3. The summed E-state index contributed by atoms with van der Waals surface area (Å²) in [5.41, 5.74) is 0. The van der Waals surface area contributed by atoms with Crippen molar-refractivity contribution in [2.24, 2.45) is 0 Å². The lowest BCUT2D eigenvalue weighted by atomic mass is 10.1. The zero-order chi connectivity index (χ0) is 13.3. The van der Waals surface area contributed by atoms with E-state index < -0.39 is 9.84 Å². The van der Waals surface area contributed by atoms with Gasteiger partial charge in [0.1, 0.15) is 0 Å². The molecule has 1 N–H and O–H groups in total. The summed E-state index contributed by atoms with van der Waals surface area (Å²) in [6, 6.07) is 8.47. The molecule has 0 amide bonds. The standard InChI is InChI=1S/C13H15NO2S3/c15-19(16)8-5-10(9-19)14-13(11-3-1-6-17-11)12-4-2-7-18-12/h1-4,6-7,10,13-14H,5,8-9H2. The molecule has 0 bridgehead atoms. The molecule has 1 aliphatic heterocycles. The van der Waals surface area contributed by atoms with E-state index in [9.17, 15) is 8.42 Å². The van der Waals surface area contributed by atoms with Gasteiger partial charge in [-0.2, -0.15) is 0 Å². The molecule has 3 heterocycles. The maximum atomic E-state index is 11.6. The third kappa shape index (κ3) is 3.08. The lowest BCUT2D eigenvalue weighted by molar-refractivity contribution is 0.513. The highest BCUT2D eigenvalue weighted by Crippen LogP contribution is 2.30. The zero-order valence-corrected chi connectivity index (χ0v) is 12.7. The first-order valence-electron chi connectivity index (χ1n) is 6.17. The quantitative estimate of drug-likeness (QED) is 0.944. The molecule has 0 aromatic carbocycles. The largest absolute Gasteiger partial charge is 0.301 e. The summed E-state index contributed by atoms with van der Waals surface area (Å²) in [5.74, 6) is 0.576. The first-order valence-corrected chi connectivity index (χ1v) is 9.75. The fourth-order valence-electron chi connectivity index (χ4n) is 2.38. The molecule has 1 fully saturated rings. The van der Waals surface area contributed by atoms with Gasteiger partial charge in [-0.1, -0.05) is 12.1 Å². The Morgan fingerprint density at radius 3 is 2.21 bits per heavy atom. The van der Waals surface area contributed by atoms with Crippen LogP contribution in [0.1, 0.15) is 22.2 Å². The Morgan fingerprint density at radius 1 is 1.16 bits per heavy atom. The summed E-state index contributed by atoms with van der Waals surface area (Å²) >= 11 is 3.41. The van der Waals surface area contributed by atoms with Crippen molar-refractivity contribution in [1.29, 1.82) is 0 Å². The smallest absolute Gasteiger partial charge is 0.151 e. The molecule has 3 rings (SSSR count). The monoisotopic (exact) mass is 313 g/mol. The molecule has 1 aliphatic rings. The van der Waals surface area contributed by atoms with Crippen molar-refractivity contribution in [2.45, 2.75) is 18.5 Å². The minimum Gasteiger partial charge on any atom is -0.301 e. The van der Waals surface area contributed by atoms with Crippen LogP contribution in [0.4, 0.5) is 0 Å². The number of nitrogens with one attached hydrogen (secondary N) is 1. The number of hydrogen-bond donors (Lipinski definition) is 1. The Balaban J connectivity index is 1.81. The second-order valence-corrected chi connectivity index (χ2v) is 8.92. The first-order chi connectivity index (χ1) is 9.14. The second-order valence-electron chi connectivity index (χ2n) is 4.73. The molecule has 2 aromatic heterocycles. The Morgan fingerprint density at radius 2 is 1.79 bits per heavy atom. The van der Waals surface area contributed by atoms with E-state index in [1.165, 1.54) is 9.75 Å². The van der Waals surface area contributed by atoms with Crippen LogP contribution in [0.25, 0.3) is 0 Å². The molecule has 102 valence electrons. The minimum atomic E-state index is -2.83. The highest BCUT2D eigenvalue weighted by atomic mass is 32.2. The van der Waals surface area contributed by atoms with Gasteiger partial charge in [0.15, 0.2) is 9.84 Å². The lowest BCUT2D eigenvalue weighted by Crippen LogP contribution is -2.33. The van der Waals surface area contributed by atoms with Crippen molar-refractivity contribution in [3.05, 3.63) is 44.8 Å². The molecule has 1 unspecified atom stereocenters. The van der Waals surface area contributed by atoms with Crippen LogP contribution in [0.15, 0.2) is 35.0 Å². The average Bonchev–Trinajstić information content (AvgIpc) is 3.07. The van der Waals surface area contributed by atoms with Gasteiger partial charge in [0.25, 0.3) is 0 Å². The lowest BCUT2D eigenvalue weighted by Gasteiger charge is -2.20. The maximum Gasteiger partial charge on any atom is 0.151 e. The molecular formula is C13H15NO2S3. The van der Waals surface area contributed by atoms with Gasteiger partial charge < -0.3 is 5.32 Å². The van der Waals surface area contributed by atoms with Crippen molar-refractivity contribution in [3.63, 3.8) is 0 Å². The van der Waals surface area contributed by atoms with Crippen LogP contribution in [-0.2, 0) is 9.84 Å². The van der Waals surface area contributed by atoms with Crippen molar-refractivity contribution in [1.82, 2.24) is 5.32 Å². The van der Waals surface area contributed by atoms with E-state index in [0.717, 1.165) is 6.42 Å². The third-order valence-corrected chi connectivity index (χ3v) is 6.93. The highest BCUT2D eigenvalue weighted by Gasteiger charge is 2.30. The molecule has 0 spiro atoms. The Hall–Kier alpha value is -0.690. The summed E-state index contributed by atoms with van der Waals surface area (Å²) in [5, 5.41) is 7.64. The van der Waals surface area contributed by atoms with Gasteiger partial charge >= 0.3 is 0 Å². The highest BCUT2D eigenvalue weighted by molar-refractivity contribution is 7.91. The van der Waals surface area contributed by atoms with Crippen LogP contribution in [0.5, 0.6) is 0 Å². The maximum absolute atomic E-state index is 11.6. The van der Waals surface area contributed by atoms with E-state index in [-0.39, 0.29) is 17.8 Å². The van der Waals surface area contributed by atoms with Crippen LogP contribution < -0.4 is 5.32 Å². The molecule has 0 radical (unpaired) electrons. The van der Waals surface area contributed by atoms with Gasteiger partial charge in [0, 0.05) is 15.8 Å². The zero-order valence-electron chi connectivity index (χ0n) is 10.3. The van der Waals surface area contributed by atoms with Gasteiger partial charge in [-0.3, -0.25) is 0 Å². The number of sulfone groups is 1. The van der Waals surface area contributed by atoms with Crippen molar-refractivity contribution in [2.75, 3.05) is 11.5 Å². The van der Waals surface area contributed by atoms with Gasteiger partial charge in [-0.05, 0) is 29.3 Å². The average molecular weight is 313 g/mol. The Bertz CT molecular complexity index is 583. The topological polar surface area (TPSA) is 46.2 Å². The summed E-state index contributed by atoms with van der Waals surface area (Å²) in [4.78, 5) is 2.48. The van der Waals surface area contributed by atoms with Crippen LogP contribution in [-0.4, -0.2) is 26.0 Å². The summed E-state index contributed by atoms with van der Waals surface area (Å²) < 4.78 is 23.1. The van der Waals surface area contributed by atoms with Crippen LogP contribution in [0.3, 0.4) is 0 Å². The summed E-state index contributed by atoms with van der Waals surface area (Å²) in [6.07, 6.45) is 0.718. The van der Waals surface area contributed by atoms with Gasteiger partial charge in [0.05, 0.1) is 17.5 Å². The molecule has 3 nitrogen and oxygen atoms in total. The van der Waals surface area contributed by atoms with Crippen molar-refractivity contribution < 1.29 is 8.42 Å². The second kappa shape index (κ2) is 5.36. The fraction of sp³-hybridized carbons (Fsp3) is 0.385. The molecule has 6 heteroatoms. The van der Waals surface area contributed by atoms with Gasteiger partial charge in [0.2, 0.25) is 0 Å². The van der Waals surface area contributed by atoms with Crippen LogP contribution >= 0.6 is 22.7 Å². The van der Waals surface area contributed by atoms with E-state index in [1.807, 2.05) is 12.1 Å². The van der Waals surface area contributed by atoms with Gasteiger partial charge in [-0.15, -0.1) is 22.7 Å². The van der Waals surface area contributed by atoms with E-state index in [1.54, 1.807) is 22.7 Å². The van der Waals surface area contributed by atoms with Crippen molar-refractivity contribution in [3.8, 4) is 0 Å². The molecule has 2 aromatic rings. The van der Waals surface area contributed by atoms with E-state index in [4.69, 9.17) is 0 Å².